The molecule has 0 aliphatic carbocycles. The first-order valence-electron chi connectivity index (χ1n) is 5.95. The van der Waals surface area contributed by atoms with Crippen molar-refractivity contribution in [1.82, 2.24) is 9.55 Å². The smallest absolute Gasteiger partial charge is 0.116 e. The van der Waals surface area contributed by atoms with Crippen LogP contribution in [0.4, 0.5) is 0 Å². The van der Waals surface area contributed by atoms with Gasteiger partial charge in [0.2, 0.25) is 0 Å². The van der Waals surface area contributed by atoms with Crippen LogP contribution < -0.4 is 5.46 Å². The van der Waals surface area contributed by atoms with E-state index in [9.17, 15) is 0 Å². The average Bonchev–Trinajstić information content (AvgIpc) is 2.76. The minimum atomic E-state index is 0.626. The van der Waals surface area contributed by atoms with Crippen molar-refractivity contribution in [3.05, 3.63) is 60.0 Å². The average molecular weight is 243 g/mol. The van der Waals surface area contributed by atoms with Crippen molar-refractivity contribution >= 4 is 24.2 Å². The number of hydrogen-bond acceptors (Lipinski definition) is 2. The fourth-order valence-corrected chi connectivity index (χ4v) is 2.21. The van der Waals surface area contributed by atoms with Gasteiger partial charge in [-0.2, -0.15) is 5.26 Å². The van der Waals surface area contributed by atoms with Crippen molar-refractivity contribution in [3.63, 3.8) is 0 Å². The second kappa shape index (κ2) is 4.62. The Labute approximate surface area is 112 Å². The molecule has 0 fully saturated rings. The largest absolute Gasteiger partial charge is 0.344 e. The molecule has 0 bridgehead atoms. The van der Waals surface area contributed by atoms with Gasteiger partial charge >= 0.3 is 0 Å². The molecule has 0 saturated carbocycles. The molecule has 0 N–H and O–H groups in total. The minimum Gasteiger partial charge on any atom is -0.344 e. The number of rotatable bonds is 2. The van der Waals surface area contributed by atoms with Crippen LogP contribution in [-0.4, -0.2) is 17.4 Å². The molecule has 0 aliphatic rings. The molecule has 3 aromatic rings. The van der Waals surface area contributed by atoms with Crippen molar-refractivity contribution in [1.29, 1.82) is 5.26 Å². The van der Waals surface area contributed by atoms with Gasteiger partial charge in [-0.1, -0.05) is 5.46 Å². The van der Waals surface area contributed by atoms with Crippen LogP contribution in [0.1, 0.15) is 11.1 Å². The molecule has 0 atom stereocenters. The fraction of sp³-hybridized carbons (Fsp3) is 0.0667. The Balaban J connectivity index is 2.08. The standard InChI is InChI=1S/C15H10BN3/c16-14-10-19(9-11-3-5-18-6-4-11)15-2-1-12(8-17)7-13(14)15/h1-7,10H,9H2. The lowest BCUT2D eigenvalue weighted by Crippen LogP contribution is -2.01. The first-order valence-corrected chi connectivity index (χ1v) is 5.95. The second-order valence-corrected chi connectivity index (χ2v) is 4.41. The lowest BCUT2D eigenvalue weighted by Gasteiger charge is -2.05. The third kappa shape index (κ3) is 2.11. The molecule has 1 aromatic carbocycles. The van der Waals surface area contributed by atoms with Gasteiger partial charge < -0.3 is 4.57 Å². The topological polar surface area (TPSA) is 41.6 Å². The van der Waals surface area contributed by atoms with Gasteiger partial charge in [0, 0.05) is 24.5 Å². The number of fused-ring (bicyclic) bond motifs is 1. The molecule has 0 aliphatic heterocycles. The van der Waals surface area contributed by atoms with Gasteiger partial charge in [-0.3, -0.25) is 4.98 Å². The number of pyridine rings is 1. The predicted octanol–water partition coefficient (Wildman–Crippen LogP) is 1.75. The third-order valence-electron chi connectivity index (χ3n) is 3.14. The van der Waals surface area contributed by atoms with E-state index in [-0.39, 0.29) is 0 Å². The van der Waals surface area contributed by atoms with Crippen molar-refractivity contribution in [2.24, 2.45) is 0 Å². The SMILES string of the molecule is [B]c1cn(Cc2ccncc2)c2ccc(C#N)cc12. The minimum absolute atomic E-state index is 0.626. The molecule has 3 rings (SSSR count). The first-order chi connectivity index (χ1) is 9.28. The summed E-state index contributed by atoms with van der Waals surface area (Å²) in [5.74, 6) is 0. The van der Waals surface area contributed by atoms with Crippen LogP contribution in [0.15, 0.2) is 48.9 Å². The Morgan fingerprint density at radius 3 is 2.74 bits per heavy atom. The molecular weight excluding hydrogens is 233 g/mol. The Kier molecular flexibility index (Phi) is 2.81. The molecule has 3 nitrogen and oxygen atoms in total. The van der Waals surface area contributed by atoms with E-state index in [0.29, 0.717) is 11.0 Å². The molecule has 0 saturated heterocycles. The van der Waals surface area contributed by atoms with Gasteiger partial charge in [0.1, 0.15) is 7.85 Å². The molecule has 0 amide bonds. The number of aromatic nitrogens is 2. The van der Waals surface area contributed by atoms with Crippen LogP contribution in [0.5, 0.6) is 0 Å². The van der Waals surface area contributed by atoms with Crippen molar-refractivity contribution in [2.45, 2.75) is 6.54 Å². The second-order valence-electron chi connectivity index (χ2n) is 4.41. The van der Waals surface area contributed by atoms with E-state index in [1.807, 2.05) is 36.5 Å². The number of hydrogen-bond donors (Lipinski definition) is 0. The van der Waals surface area contributed by atoms with E-state index in [1.165, 1.54) is 0 Å². The normalized spacial score (nSPS) is 10.5. The van der Waals surface area contributed by atoms with Gasteiger partial charge in [-0.15, -0.1) is 0 Å². The predicted molar refractivity (Wildman–Crippen MR) is 75.4 cm³/mol. The summed E-state index contributed by atoms with van der Waals surface area (Å²) in [6.45, 7) is 0.738. The van der Waals surface area contributed by atoms with E-state index in [2.05, 4.69) is 15.6 Å². The lowest BCUT2D eigenvalue weighted by molar-refractivity contribution is 0.836. The number of benzene rings is 1. The van der Waals surface area contributed by atoms with Crippen LogP contribution >= 0.6 is 0 Å². The van der Waals surface area contributed by atoms with E-state index in [4.69, 9.17) is 13.1 Å². The monoisotopic (exact) mass is 243 g/mol. The Bertz CT molecular complexity index is 769. The van der Waals surface area contributed by atoms with Gasteiger partial charge in [0.15, 0.2) is 0 Å². The van der Waals surface area contributed by atoms with Crippen LogP contribution in [0.3, 0.4) is 0 Å². The zero-order chi connectivity index (χ0) is 13.2. The quantitative estimate of drug-likeness (QED) is 0.643. The van der Waals surface area contributed by atoms with E-state index >= 15 is 0 Å². The van der Waals surface area contributed by atoms with Crippen molar-refractivity contribution in [2.75, 3.05) is 0 Å². The summed E-state index contributed by atoms with van der Waals surface area (Å²) in [7, 11) is 6.01. The summed E-state index contributed by atoms with van der Waals surface area (Å²) in [5.41, 5.74) is 3.52. The molecule has 19 heavy (non-hydrogen) atoms. The van der Waals surface area contributed by atoms with Crippen LogP contribution in [0, 0.1) is 11.3 Å². The van der Waals surface area contributed by atoms with Crippen LogP contribution in [-0.2, 0) is 6.54 Å². The highest BCUT2D eigenvalue weighted by molar-refractivity contribution is 6.38. The zero-order valence-corrected chi connectivity index (χ0v) is 10.2. The van der Waals surface area contributed by atoms with Gasteiger partial charge in [0.05, 0.1) is 11.6 Å². The van der Waals surface area contributed by atoms with E-state index < -0.39 is 0 Å². The van der Waals surface area contributed by atoms with Gasteiger partial charge in [0.25, 0.3) is 0 Å². The summed E-state index contributed by atoms with van der Waals surface area (Å²) < 4.78 is 2.08. The van der Waals surface area contributed by atoms with Gasteiger partial charge in [-0.25, -0.2) is 0 Å². The lowest BCUT2D eigenvalue weighted by atomic mass is 9.95. The van der Waals surface area contributed by atoms with Crippen LogP contribution in [0.25, 0.3) is 10.9 Å². The summed E-state index contributed by atoms with van der Waals surface area (Å²) in [6, 6.07) is 11.7. The molecule has 2 heterocycles. The molecule has 88 valence electrons. The summed E-state index contributed by atoms with van der Waals surface area (Å²) in [4.78, 5) is 4.01. The highest BCUT2D eigenvalue weighted by atomic mass is 15.0. The molecule has 0 unspecified atom stereocenters. The maximum absolute atomic E-state index is 8.93. The molecule has 2 radical (unpaired) electrons. The van der Waals surface area contributed by atoms with Gasteiger partial charge in [-0.05, 0) is 47.5 Å². The first kappa shape index (κ1) is 11.5. The molecule has 0 spiro atoms. The molecule has 4 heteroatoms. The highest BCUT2D eigenvalue weighted by Crippen LogP contribution is 2.16. The fourth-order valence-electron chi connectivity index (χ4n) is 2.21. The maximum atomic E-state index is 8.93. The summed E-state index contributed by atoms with van der Waals surface area (Å²) in [6.07, 6.45) is 5.46. The Hall–Kier alpha value is -2.54. The number of nitrogens with zero attached hydrogens (tertiary/aromatic N) is 3. The van der Waals surface area contributed by atoms with Crippen molar-refractivity contribution < 1.29 is 0 Å². The Morgan fingerprint density at radius 2 is 2.00 bits per heavy atom. The molecule has 2 aromatic heterocycles. The maximum Gasteiger partial charge on any atom is 0.116 e. The van der Waals surface area contributed by atoms with E-state index in [1.54, 1.807) is 12.4 Å². The van der Waals surface area contributed by atoms with E-state index in [0.717, 1.165) is 23.0 Å². The molecular formula is C15H10BN3. The third-order valence-corrected chi connectivity index (χ3v) is 3.14. The van der Waals surface area contributed by atoms with Crippen molar-refractivity contribution in [3.8, 4) is 6.07 Å². The van der Waals surface area contributed by atoms with Crippen LogP contribution in [0.2, 0.25) is 0 Å². The summed E-state index contributed by atoms with van der Waals surface area (Å²) >= 11 is 0. The highest BCUT2D eigenvalue weighted by Gasteiger charge is 2.06. The zero-order valence-electron chi connectivity index (χ0n) is 10.2. The summed E-state index contributed by atoms with van der Waals surface area (Å²) in [5, 5.41) is 9.85. The Morgan fingerprint density at radius 1 is 1.21 bits per heavy atom. The number of nitriles is 1.